The smallest absolute Gasteiger partial charge is 0.123 e. The predicted octanol–water partition coefficient (Wildman–Crippen LogP) is 1.98. The van der Waals surface area contributed by atoms with Crippen molar-refractivity contribution in [1.82, 2.24) is 10.2 Å². The van der Waals surface area contributed by atoms with Crippen molar-refractivity contribution in [2.24, 2.45) is 5.73 Å². The molecule has 0 saturated carbocycles. The average molecular weight is 205 g/mol. The number of nitrogens with one attached hydrogen (secondary N) is 1. The molecule has 1 heterocycles. The number of aromatic nitrogens is 2. The van der Waals surface area contributed by atoms with Gasteiger partial charge < -0.3 is 5.73 Å². The first-order valence-electron chi connectivity index (χ1n) is 4.72. The number of aromatic amines is 1. The van der Waals surface area contributed by atoms with Crippen LogP contribution < -0.4 is 5.73 Å². The Kier molecular flexibility index (Phi) is 2.51. The van der Waals surface area contributed by atoms with Crippen LogP contribution >= 0.6 is 0 Å². The number of benzene rings is 1. The lowest BCUT2D eigenvalue weighted by Gasteiger charge is -1.98. The number of nitrogens with two attached hydrogens (primary N) is 1. The van der Waals surface area contributed by atoms with Crippen molar-refractivity contribution in [2.75, 3.05) is 0 Å². The van der Waals surface area contributed by atoms with Gasteiger partial charge in [0.05, 0.1) is 11.4 Å². The normalized spacial score (nSPS) is 10.6. The van der Waals surface area contributed by atoms with Crippen LogP contribution in [0.25, 0.3) is 11.3 Å². The minimum Gasteiger partial charge on any atom is -0.325 e. The number of H-pyrrole nitrogens is 1. The Balaban J connectivity index is 2.45. The molecule has 0 amide bonds. The van der Waals surface area contributed by atoms with Crippen LogP contribution in [0.1, 0.15) is 11.3 Å². The van der Waals surface area contributed by atoms with E-state index in [1.807, 2.05) is 6.92 Å². The van der Waals surface area contributed by atoms with E-state index >= 15 is 0 Å². The van der Waals surface area contributed by atoms with E-state index in [4.69, 9.17) is 5.73 Å². The Morgan fingerprint density at radius 1 is 1.33 bits per heavy atom. The first-order valence-corrected chi connectivity index (χ1v) is 4.72. The van der Waals surface area contributed by atoms with Gasteiger partial charge in [0.15, 0.2) is 0 Å². The second-order valence-electron chi connectivity index (χ2n) is 3.39. The summed E-state index contributed by atoms with van der Waals surface area (Å²) in [7, 11) is 0. The minimum atomic E-state index is -0.244. The van der Waals surface area contributed by atoms with Crippen LogP contribution in [-0.2, 0) is 6.54 Å². The summed E-state index contributed by atoms with van der Waals surface area (Å²) in [6.07, 6.45) is 0. The summed E-state index contributed by atoms with van der Waals surface area (Å²) in [6.45, 7) is 2.38. The second-order valence-corrected chi connectivity index (χ2v) is 3.39. The molecule has 0 bridgehead atoms. The van der Waals surface area contributed by atoms with Crippen LogP contribution in [0.5, 0.6) is 0 Å². The molecule has 2 aromatic rings. The third-order valence-electron chi connectivity index (χ3n) is 2.43. The maximum absolute atomic E-state index is 12.7. The fraction of sp³-hybridized carbons (Fsp3) is 0.182. The maximum atomic E-state index is 12.7. The van der Waals surface area contributed by atoms with Gasteiger partial charge >= 0.3 is 0 Å². The summed E-state index contributed by atoms with van der Waals surface area (Å²) < 4.78 is 12.7. The number of rotatable bonds is 2. The molecule has 3 N–H and O–H groups in total. The Labute approximate surface area is 87.1 Å². The van der Waals surface area contributed by atoms with E-state index in [1.54, 1.807) is 12.1 Å². The first kappa shape index (κ1) is 9.86. The highest BCUT2D eigenvalue weighted by molar-refractivity contribution is 5.63. The molecule has 0 radical (unpaired) electrons. The van der Waals surface area contributed by atoms with Crippen molar-refractivity contribution in [3.63, 3.8) is 0 Å². The Morgan fingerprint density at radius 2 is 2.00 bits per heavy atom. The van der Waals surface area contributed by atoms with Gasteiger partial charge in [0.25, 0.3) is 0 Å². The maximum Gasteiger partial charge on any atom is 0.123 e. The number of hydrogen-bond donors (Lipinski definition) is 2. The van der Waals surface area contributed by atoms with Gasteiger partial charge in [0, 0.05) is 12.1 Å². The lowest BCUT2D eigenvalue weighted by atomic mass is 10.1. The average Bonchev–Trinajstić information content (AvgIpc) is 2.61. The van der Waals surface area contributed by atoms with E-state index < -0.39 is 0 Å². The Bertz CT molecular complexity index is 459. The second kappa shape index (κ2) is 3.82. The fourth-order valence-electron chi connectivity index (χ4n) is 1.52. The summed E-state index contributed by atoms with van der Waals surface area (Å²) in [5, 5.41) is 7.03. The molecule has 0 aliphatic heterocycles. The lowest BCUT2D eigenvalue weighted by Crippen LogP contribution is -1.98. The molecule has 3 nitrogen and oxygen atoms in total. The summed E-state index contributed by atoms with van der Waals surface area (Å²) in [5.74, 6) is -0.244. The zero-order valence-corrected chi connectivity index (χ0v) is 8.42. The van der Waals surface area contributed by atoms with Crippen LogP contribution in [0.4, 0.5) is 4.39 Å². The summed E-state index contributed by atoms with van der Waals surface area (Å²) in [4.78, 5) is 0. The molecule has 1 aromatic heterocycles. The van der Waals surface area contributed by atoms with Crippen molar-refractivity contribution in [2.45, 2.75) is 13.5 Å². The van der Waals surface area contributed by atoms with Crippen LogP contribution in [-0.4, -0.2) is 10.2 Å². The van der Waals surface area contributed by atoms with Crippen molar-refractivity contribution >= 4 is 0 Å². The Hall–Kier alpha value is -1.68. The van der Waals surface area contributed by atoms with Gasteiger partial charge in [-0.25, -0.2) is 4.39 Å². The molecule has 0 unspecified atom stereocenters. The zero-order chi connectivity index (χ0) is 10.8. The first-order chi connectivity index (χ1) is 7.22. The lowest BCUT2D eigenvalue weighted by molar-refractivity contribution is 0.628. The van der Waals surface area contributed by atoms with Crippen LogP contribution in [0.15, 0.2) is 24.3 Å². The summed E-state index contributed by atoms with van der Waals surface area (Å²) in [5.41, 5.74) is 9.19. The molecular weight excluding hydrogens is 193 g/mol. The topological polar surface area (TPSA) is 54.7 Å². The highest BCUT2D eigenvalue weighted by Gasteiger charge is 2.09. The molecule has 2 rings (SSSR count). The largest absolute Gasteiger partial charge is 0.325 e. The van der Waals surface area contributed by atoms with E-state index in [9.17, 15) is 4.39 Å². The molecule has 0 atom stereocenters. The molecule has 15 heavy (non-hydrogen) atoms. The summed E-state index contributed by atoms with van der Waals surface area (Å²) in [6, 6.07) is 6.26. The SMILES string of the molecule is Cc1c(-c2ccc(F)cc2)n[nH]c1CN. The number of hydrogen-bond acceptors (Lipinski definition) is 2. The van der Waals surface area contributed by atoms with Crippen molar-refractivity contribution in [1.29, 1.82) is 0 Å². The van der Waals surface area contributed by atoms with Crippen molar-refractivity contribution in [3.8, 4) is 11.3 Å². The third kappa shape index (κ3) is 1.76. The quantitative estimate of drug-likeness (QED) is 0.787. The van der Waals surface area contributed by atoms with Gasteiger partial charge in [-0.1, -0.05) is 0 Å². The van der Waals surface area contributed by atoms with Crippen LogP contribution in [0, 0.1) is 12.7 Å². The van der Waals surface area contributed by atoms with Gasteiger partial charge in [-0.05, 0) is 36.8 Å². The molecule has 78 valence electrons. The molecular formula is C11H12FN3. The van der Waals surface area contributed by atoms with Gasteiger partial charge in [-0.2, -0.15) is 5.10 Å². The molecule has 0 aliphatic rings. The van der Waals surface area contributed by atoms with Gasteiger partial charge in [-0.15, -0.1) is 0 Å². The zero-order valence-electron chi connectivity index (χ0n) is 8.42. The van der Waals surface area contributed by atoms with Gasteiger partial charge in [0.2, 0.25) is 0 Å². The van der Waals surface area contributed by atoms with Gasteiger partial charge in [-0.3, -0.25) is 5.10 Å². The minimum absolute atomic E-state index is 0.244. The molecule has 1 aromatic carbocycles. The predicted molar refractivity (Wildman–Crippen MR) is 56.6 cm³/mol. The standard InChI is InChI=1S/C11H12FN3/c1-7-10(6-13)14-15-11(7)8-2-4-9(12)5-3-8/h2-5H,6,13H2,1H3,(H,14,15). The molecule has 0 spiro atoms. The molecule has 0 fully saturated rings. The molecule has 4 heteroatoms. The van der Waals surface area contributed by atoms with Crippen LogP contribution in [0.2, 0.25) is 0 Å². The van der Waals surface area contributed by atoms with E-state index in [0.29, 0.717) is 6.54 Å². The van der Waals surface area contributed by atoms with E-state index in [1.165, 1.54) is 12.1 Å². The van der Waals surface area contributed by atoms with Crippen LogP contribution in [0.3, 0.4) is 0 Å². The fourth-order valence-corrected chi connectivity index (χ4v) is 1.52. The number of nitrogens with zero attached hydrogens (tertiary/aromatic N) is 1. The number of halogens is 1. The molecule has 0 saturated heterocycles. The monoisotopic (exact) mass is 205 g/mol. The Morgan fingerprint density at radius 3 is 2.53 bits per heavy atom. The van der Waals surface area contributed by atoms with E-state index in [2.05, 4.69) is 10.2 Å². The van der Waals surface area contributed by atoms with Gasteiger partial charge in [0.1, 0.15) is 5.82 Å². The summed E-state index contributed by atoms with van der Waals surface area (Å²) >= 11 is 0. The molecule has 0 aliphatic carbocycles. The van der Waals surface area contributed by atoms with E-state index in [-0.39, 0.29) is 5.82 Å². The van der Waals surface area contributed by atoms with Crippen molar-refractivity contribution in [3.05, 3.63) is 41.3 Å². The highest BCUT2D eigenvalue weighted by atomic mass is 19.1. The van der Waals surface area contributed by atoms with Crippen molar-refractivity contribution < 1.29 is 4.39 Å². The highest BCUT2D eigenvalue weighted by Crippen LogP contribution is 2.22. The van der Waals surface area contributed by atoms with E-state index in [0.717, 1.165) is 22.5 Å². The third-order valence-corrected chi connectivity index (χ3v) is 2.43.